The fraction of sp³-hybridized carbons (Fsp3) is 0.625. The molecule has 0 N–H and O–H groups in total. The maximum atomic E-state index is 11.3. The van der Waals surface area contributed by atoms with E-state index in [1.807, 2.05) is 0 Å². The van der Waals surface area contributed by atoms with Gasteiger partial charge in [0.25, 0.3) is 5.95 Å². The van der Waals surface area contributed by atoms with E-state index in [0.29, 0.717) is 6.42 Å². The third-order valence-electron chi connectivity index (χ3n) is 1.83. The van der Waals surface area contributed by atoms with Crippen LogP contribution in [0.5, 0.6) is 0 Å². The molecule has 74 valence electrons. The molecule has 0 saturated heterocycles. The van der Waals surface area contributed by atoms with Crippen LogP contribution in [0.3, 0.4) is 0 Å². The molecule has 13 heavy (non-hydrogen) atoms. The fourth-order valence-electron chi connectivity index (χ4n) is 1.08. The summed E-state index contributed by atoms with van der Waals surface area (Å²) in [6, 6.07) is 0. The molecule has 1 atom stereocenters. The number of esters is 1. The highest BCUT2D eigenvalue weighted by atomic mass is 16.8. The summed E-state index contributed by atoms with van der Waals surface area (Å²) in [6.07, 6.45) is 1.92. The Hall–Kier alpha value is -1.23. The maximum absolute atomic E-state index is 11.3. The Balaban J connectivity index is 2.72. The van der Waals surface area contributed by atoms with Crippen molar-refractivity contribution in [2.45, 2.75) is 12.2 Å². The molecule has 1 rings (SSSR count). The van der Waals surface area contributed by atoms with Gasteiger partial charge in [-0.2, -0.15) is 0 Å². The second-order valence-electron chi connectivity index (χ2n) is 2.48. The normalized spacial score (nSPS) is 26.2. The van der Waals surface area contributed by atoms with Gasteiger partial charge in [-0.05, 0) is 0 Å². The van der Waals surface area contributed by atoms with E-state index in [1.165, 1.54) is 21.3 Å². The van der Waals surface area contributed by atoms with E-state index in [1.54, 1.807) is 6.08 Å². The molecular formula is C8H12O5. The summed E-state index contributed by atoms with van der Waals surface area (Å²) in [5.74, 6) is -1.66. The molecule has 0 bridgehead atoms. The van der Waals surface area contributed by atoms with Crippen LogP contribution in [-0.2, 0) is 23.7 Å². The number of rotatable bonds is 3. The zero-order chi connectivity index (χ0) is 9.90. The predicted molar refractivity (Wildman–Crippen MR) is 42.6 cm³/mol. The smallest absolute Gasteiger partial charge is 0.379 e. The topological polar surface area (TPSA) is 54.0 Å². The van der Waals surface area contributed by atoms with Crippen LogP contribution in [0, 0.1) is 0 Å². The van der Waals surface area contributed by atoms with Crippen molar-refractivity contribution >= 4 is 5.97 Å². The number of hydrogen-bond acceptors (Lipinski definition) is 5. The Kier molecular flexibility index (Phi) is 2.77. The molecule has 0 radical (unpaired) electrons. The molecule has 1 aliphatic rings. The van der Waals surface area contributed by atoms with E-state index in [9.17, 15) is 4.79 Å². The zero-order valence-corrected chi connectivity index (χ0v) is 7.83. The summed E-state index contributed by atoms with van der Waals surface area (Å²) >= 11 is 0. The first-order chi connectivity index (χ1) is 6.18. The second kappa shape index (κ2) is 3.66. The standard InChI is InChI=1S/C8H12O5/c1-10-6-4-5-8(12-3,13-6)7(9)11-2/h4H,5H2,1-3H3. The van der Waals surface area contributed by atoms with Crippen molar-refractivity contribution in [2.75, 3.05) is 21.3 Å². The van der Waals surface area contributed by atoms with E-state index < -0.39 is 11.8 Å². The minimum atomic E-state index is -1.36. The van der Waals surface area contributed by atoms with Crippen LogP contribution in [0.25, 0.3) is 0 Å². The summed E-state index contributed by atoms with van der Waals surface area (Å²) in [5.41, 5.74) is 0. The Morgan fingerprint density at radius 1 is 1.54 bits per heavy atom. The van der Waals surface area contributed by atoms with Crippen molar-refractivity contribution in [3.05, 3.63) is 12.0 Å². The highest BCUT2D eigenvalue weighted by molar-refractivity contribution is 5.78. The van der Waals surface area contributed by atoms with Gasteiger partial charge in [0.2, 0.25) is 0 Å². The minimum absolute atomic E-state index is 0.271. The number of carbonyl (C=O) groups excluding carboxylic acids is 1. The van der Waals surface area contributed by atoms with Crippen molar-refractivity contribution in [2.24, 2.45) is 0 Å². The second-order valence-corrected chi connectivity index (χ2v) is 2.48. The number of methoxy groups -OCH3 is 3. The van der Waals surface area contributed by atoms with Gasteiger partial charge in [-0.1, -0.05) is 0 Å². The molecule has 1 heterocycles. The van der Waals surface area contributed by atoms with Crippen LogP contribution >= 0.6 is 0 Å². The average molecular weight is 188 g/mol. The van der Waals surface area contributed by atoms with Gasteiger partial charge < -0.3 is 18.9 Å². The average Bonchev–Trinajstić information content (AvgIpc) is 2.61. The van der Waals surface area contributed by atoms with Gasteiger partial charge in [-0.3, -0.25) is 0 Å². The molecule has 0 aromatic heterocycles. The van der Waals surface area contributed by atoms with Crippen molar-refractivity contribution in [1.82, 2.24) is 0 Å². The third kappa shape index (κ3) is 1.60. The van der Waals surface area contributed by atoms with Gasteiger partial charge in [0.05, 0.1) is 20.6 Å². The van der Waals surface area contributed by atoms with E-state index >= 15 is 0 Å². The molecule has 0 saturated carbocycles. The summed E-state index contributed by atoms with van der Waals surface area (Å²) < 4.78 is 19.5. The minimum Gasteiger partial charge on any atom is -0.469 e. The Bertz CT molecular complexity index is 235. The number of carbonyl (C=O) groups is 1. The highest BCUT2D eigenvalue weighted by Crippen LogP contribution is 2.30. The molecule has 5 heteroatoms. The SMILES string of the molecule is COC(=O)C1(OC)CC=C(OC)O1. The van der Waals surface area contributed by atoms with Crippen LogP contribution in [0.15, 0.2) is 12.0 Å². The van der Waals surface area contributed by atoms with Gasteiger partial charge in [0.15, 0.2) is 0 Å². The summed E-state index contributed by atoms with van der Waals surface area (Å²) in [4.78, 5) is 11.3. The summed E-state index contributed by atoms with van der Waals surface area (Å²) in [5, 5.41) is 0. The summed E-state index contributed by atoms with van der Waals surface area (Å²) in [7, 11) is 4.11. The lowest BCUT2D eigenvalue weighted by atomic mass is 10.2. The van der Waals surface area contributed by atoms with Crippen molar-refractivity contribution in [1.29, 1.82) is 0 Å². The molecule has 5 nitrogen and oxygen atoms in total. The number of ether oxygens (including phenoxy) is 4. The van der Waals surface area contributed by atoms with Crippen LogP contribution in [0.4, 0.5) is 0 Å². The Morgan fingerprint density at radius 2 is 2.23 bits per heavy atom. The first-order valence-corrected chi connectivity index (χ1v) is 3.75. The van der Waals surface area contributed by atoms with Crippen LogP contribution in [-0.4, -0.2) is 33.1 Å². The quantitative estimate of drug-likeness (QED) is 0.600. The van der Waals surface area contributed by atoms with Gasteiger partial charge >= 0.3 is 11.8 Å². The van der Waals surface area contributed by atoms with Crippen molar-refractivity contribution in [3.8, 4) is 0 Å². The Labute approximate surface area is 76.2 Å². The molecular weight excluding hydrogens is 176 g/mol. The first-order valence-electron chi connectivity index (χ1n) is 3.75. The predicted octanol–water partition coefficient (Wildman–Crippen LogP) is 0.410. The van der Waals surface area contributed by atoms with Crippen LogP contribution < -0.4 is 0 Å². The lowest BCUT2D eigenvalue weighted by Crippen LogP contribution is -2.41. The maximum Gasteiger partial charge on any atom is 0.379 e. The van der Waals surface area contributed by atoms with Crippen molar-refractivity contribution < 1.29 is 23.7 Å². The van der Waals surface area contributed by atoms with Crippen LogP contribution in [0.2, 0.25) is 0 Å². The molecule has 1 aliphatic heterocycles. The zero-order valence-electron chi connectivity index (χ0n) is 7.83. The van der Waals surface area contributed by atoms with E-state index in [-0.39, 0.29) is 5.95 Å². The molecule has 0 aliphatic carbocycles. The van der Waals surface area contributed by atoms with Gasteiger partial charge in [0, 0.05) is 13.2 Å². The first kappa shape index (κ1) is 9.85. The lowest BCUT2D eigenvalue weighted by Gasteiger charge is -2.23. The third-order valence-corrected chi connectivity index (χ3v) is 1.83. The molecule has 1 unspecified atom stereocenters. The Morgan fingerprint density at radius 3 is 2.62 bits per heavy atom. The monoisotopic (exact) mass is 188 g/mol. The van der Waals surface area contributed by atoms with E-state index in [2.05, 4.69) is 4.74 Å². The van der Waals surface area contributed by atoms with Crippen molar-refractivity contribution in [3.63, 3.8) is 0 Å². The fourth-order valence-corrected chi connectivity index (χ4v) is 1.08. The van der Waals surface area contributed by atoms with Gasteiger partial charge in [-0.25, -0.2) is 4.79 Å². The number of hydrogen-bond donors (Lipinski definition) is 0. The lowest BCUT2D eigenvalue weighted by molar-refractivity contribution is -0.225. The molecule has 0 aromatic rings. The van der Waals surface area contributed by atoms with E-state index in [0.717, 1.165) is 0 Å². The molecule has 0 amide bonds. The van der Waals surface area contributed by atoms with E-state index in [4.69, 9.17) is 14.2 Å². The molecule has 0 fully saturated rings. The largest absolute Gasteiger partial charge is 0.469 e. The van der Waals surface area contributed by atoms with Crippen LogP contribution in [0.1, 0.15) is 6.42 Å². The molecule has 0 spiro atoms. The molecule has 0 aromatic carbocycles. The van der Waals surface area contributed by atoms with Gasteiger partial charge in [0.1, 0.15) is 0 Å². The van der Waals surface area contributed by atoms with Gasteiger partial charge in [-0.15, -0.1) is 0 Å². The summed E-state index contributed by atoms with van der Waals surface area (Å²) in [6.45, 7) is 0. The highest BCUT2D eigenvalue weighted by Gasteiger charge is 2.46.